The zero-order chi connectivity index (χ0) is 15.6. The molecular weight excluding hydrogens is 284 g/mol. The summed E-state index contributed by atoms with van der Waals surface area (Å²) in [6.45, 7) is 1.47. The summed E-state index contributed by atoms with van der Waals surface area (Å²) in [5.74, 6) is -2.35. The zero-order valence-electron chi connectivity index (χ0n) is 10.9. The zero-order valence-corrected chi connectivity index (χ0v) is 10.9. The molecule has 0 unspecified atom stereocenters. The average Bonchev–Trinajstić information content (AvgIpc) is 2.43. The van der Waals surface area contributed by atoms with Crippen LogP contribution in [0.2, 0.25) is 0 Å². The highest BCUT2D eigenvalue weighted by molar-refractivity contribution is 5.51. The number of rotatable bonds is 4. The molecule has 0 amide bonds. The van der Waals surface area contributed by atoms with Crippen LogP contribution in [0.3, 0.4) is 0 Å². The summed E-state index contributed by atoms with van der Waals surface area (Å²) < 4.78 is 31.1. The second kappa shape index (κ2) is 5.84. The van der Waals surface area contributed by atoms with Crippen LogP contribution in [0.4, 0.5) is 14.5 Å². The molecule has 0 heterocycles. The molecule has 1 N–H and O–H groups in total. The Hall–Kier alpha value is -2.54. The summed E-state index contributed by atoms with van der Waals surface area (Å²) in [5.41, 5.74) is -0.0301. The van der Waals surface area contributed by atoms with Crippen LogP contribution in [0.1, 0.15) is 18.6 Å². The molecule has 0 radical (unpaired) electrons. The third kappa shape index (κ3) is 3.32. The molecule has 0 saturated heterocycles. The summed E-state index contributed by atoms with van der Waals surface area (Å²) >= 11 is 0. The molecule has 0 aliphatic heterocycles. The highest BCUT2D eigenvalue weighted by atomic mass is 19.2. The fourth-order valence-corrected chi connectivity index (χ4v) is 1.69. The lowest BCUT2D eigenvalue weighted by Crippen LogP contribution is -1.98. The van der Waals surface area contributed by atoms with Gasteiger partial charge in [0.15, 0.2) is 11.6 Å². The Morgan fingerprint density at radius 3 is 2.48 bits per heavy atom. The topological polar surface area (TPSA) is 72.6 Å². The normalized spacial score (nSPS) is 12.0. The number of nitro groups is 1. The van der Waals surface area contributed by atoms with Gasteiger partial charge < -0.3 is 9.84 Å². The number of ether oxygens (including phenoxy) is 1. The molecule has 21 heavy (non-hydrogen) atoms. The first kappa shape index (κ1) is 14.9. The Labute approximate surface area is 118 Å². The van der Waals surface area contributed by atoms with E-state index in [-0.39, 0.29) is 17.2 Å². The number of nitro benzene ring substituents is 1. The molecule has 2 aromatic carbocycles. The molecule has 0 aliphatic carbocycles. The number of halogens is 2. The summed E-state index contributed by atoms with van der Waals surface area (Å²) in [7, 11) is 0. The summed E-state index contributed by atoms with van der Waals surface area (Å²) in [5, 5.41) is 20.4. The van der Waals surface area contributed by atoms with Gasteiger partial charge in [0.25, 0.3) is 0 Å². The van der Waals surface area contributed by atoms with Crippen LogP contribution in [0.15, 0.2) is 36.4 Å². The lowest BCUT2D eigenvalue weighted by molar-refractivity contribution is -0.385. The van der Waals surface area contributed by atoms with Gasteiger partial charge in [-0.25, -0.2) is 8.78 Å². The minimum absolute atomic E-state index is 0.0678. The SMILES string of the molecule is C[C@@H](O)c1ccc(Oc2ccc(F)c(F)c2)c([N+](=O)[O-])c1. The van der Waals surface area contributed by atoms with Gasteiger partial charge in [0.2, 0.25) is 5.75 Å². The van der Waals surface area contributed by atoms with Crippen molar-refractivity contribution in [3.8, 4) is 11.5 Å². The predicted octanol–water partition coefficient (Wildman–Crippen LogP) is 3.72. The number of hydrogen-bond donors (Lipinski definition) is 1. The van der Waals surface area contributed by atoms with Gasteiger partial charge in [-0.15, -0.1) is 0 Å². The second-order valence-electron chi connectivity index (χ2n) is 4.34. The van der Waals surface area contributed by atoms with Crippen molar-refractivity contribution in [3.63, 3.8) is 0 Å². The van der Waals surface area contributed by atoms with E-state index in [1.165, 1.54) is 25.1 Å². The van der Waals surface area contributed by atoms with Gasteiger partial charge in [-0.1, -0.05) is 6.07 Å². The predicted molar refractivity (Wildman–Crippen MR) is 70.2 cm³/mol. The lowest BCUT2D eigenvalue weighted by Gasteiger charge is -2.09. The van der Waals surface area contributed by atoms with Crippen LogP contribution in [-0.2, 0) is 0 Å². The Balaban J connectivity index is 2.39. The molecule has 2 aromatic rings. The summed E-state index contributed by atoms with van der Waals surface area (Å²) in [6.07, 6.45) is -0.874. The van der Waals surface area contributed by atoms with Gasteiger partial charge in [-0.3, -0.25) is 10.1 Å². The first-order valence-electron chi connectivity index (χ1n) is 5.98. The van der Waals surface area contributed by atoms with E-state index in [1.54, 1.807) is 0 Å². The van der Waals surface area contributed by atoms with Crippen LogP contribution in [0, 0.1) is 21.7 Å². The van der Waals surface area contributed by atoms with Crippen LogP contribution >= 0.6 is 0 Å². The van der Waals surface area contributed by atoms with E-state index in [9.17, 15) is 24.0 Å². The number of benzene rings is 2. The maximum absolute atomic E-state index is 13.1. The van der Waals surface area contributed by atoms with Crippen molar-refractivity contribution in [2.75, 3.05) is 0 Å². The Morgan fingerprint density at radius 1 is 1.19 bits per heavy atom. The number of hydrogen-bond acceptors (Lipinski definition) is 4. The quantitative estimate of drug-likeness (QED) is 0.689. The van der Waals surface area contributed by atoms with E-state index < -0.39 is 22.7 Å². The smallest absolute Gasteiger partial charge is 0.311 e. The van der Waals surface area contributed by atoms with Crippen molar-refractivity contribution in [3.05, 3.63) is 63.7 Å². The first-order chi connectivity index (χ1) is 9.88. The van der Waals surface area contributed by atoms with Crippen LogP contribution < -0.4 is 4.74 Å². The average molecular weight is 295 g/mol. The standard InChI is InChI=1S/C14H11F2NO4/c1-8(18)9-2-5-14(13(6-9)17(19)20)21-10-3-4-11(15)12(16)7-10/h2-8,18H,1H3/t8-/m1/s1. The van der Waals surface area contributed by atoms with E-state index in [2.05, 4.69) is 0 Å². The van der Waals surface area contributed by atoms with Crippen molar-refractivity contribution >= 4 is 5.69 Å². The molecule has 0 fully saturated rings. The van der Waals surface area contributed by atoms with Crippen LogP contribution in [-0.4, -0.2) is 10.0 Å². The molecule has 0 aliphatic rings. The number of aliphatic hydroxyl groups is 1. The van der Waals surface area contributed by atoms with Crippen molar-refractivity contribution in [2.24, 2.45) is 0 Å². The van der Waals surface area contributed by atoms with Gasteiger partial charge in [0, 0.05) is 12.1 Å². The summed E-state index contributed by atoms with van der Waals surface area (Å²) in [6, 6.07) is 6.72. The molecule has 110 valence electrons. The monoisotopic (exact) mass is 295 g/mol. The second-order valence-corrected chi connectivity index (χ2v) is 4.34. The first-order valence-corrected chi connectivity index (χ1v) is 5.98. The van der Waals surface area contributed by atoms with Crippen LogP contribution in [0.5, 0.6) is 11.5 Å². The third-order valence-electron chi connectivity index (χ3n) is 2.78. The van der Waals surface area contributed by atoms with Crippen molar-refractivity contribution < 1.29 is 23.5 Å². The van der Waals surface area contributed by atoms with Crippen molar-refractivity contribution in [2.45, 2.75) is 13.0 Å². The summed E-state index contributed by atoms with van der Waals surface area (Å²) in [4.78, 5) is 10.3. The van der Waals surface area contributed by atoms with E-state index in [0.29, 0.717) is 5.56 Å². The Morgan fingerprint density at radius 2 is 1.90 bits per heavy atom. The molecule has 0 saturated carbocycles. The van der Waals surface area contributed by atoms with E-state index >= 15 is 0 Å². The van der Waals surface area contributed by atoms with Gasteiger partial charge in [-0.05, 0) is 30.7 Å². The van der Waals surface area contributed by atoms with Crippen molar-refractivity contribution in [1.29, 1.82) is 0 Å². The minimum Gasteiger partial charge on any atom is -0.450 e. The lowest BCUT2D eigenvalue weighted by atomic mass is 10.1. The van der Waals surface area contributed by atoms with E-state index in [1.807, 2.05) is 0 Å². The molecule has 0 aromatic heterocycles. The van der Waals surface area contributed by atoms with E-state index in [4.69, 9.17) is 4.74 Å². The van der Waals surface area contributed by atoms with Gasteiger partial charge in [0.05, 0.1) is 11.0 Å². The highest BCUT2D eigenvalue weighted by Crippen LogP contribution is 2.34. The fraction of sp³-hybridized carbons (Fsp3) is 0.143. The minimum atomic E-state index is -1.12. The molecule has 1 atom stereocenters. The molecule has 2 rings (SSSR count). The van der Waals surface area contributed by atoms with Crippen LogP contribution in [0.25, 0.3) is 0 Å². The highest BCUT2D eigenvalue weighted by Gasteiger charge is 2.18. The molecule has 0 spiro atoms. The Kier molecular flexibility index (Phi) is 4.13. The molecule has 0 bridgehead atoms. The third-order valence-corrected chi connectivity index (χ3v) is 2.78. The molecule has 5 nitrogen and oxygen atoms in total. The maximum atomic E-state index is 13.1. The maximum Gasteiger partial charge on any atom is 0.311 e. The van der Waals surface area contributed by atoms with Gasteiger partial charge >= 0.3 is 5.69 Å². The van der Waals surface area contributed by atoms with Gasteiger partial charge in [0.1, 0.15) is 5.75 Å². The molecular formula is C14H11F2NO4. The molecule has 7 heteroatoms. The van der Waals surface area contributed by atoms with Crippen molar-refractivity contribution in [1.82, 2.24) is 0 Å². The number of aliphatic hydroxyl groups excluding tert-OH is 1. The van der Waals surface area contributed by atoms with Gasteiger partial charge in [-0.2, -0.15) is 0 Å². The Bertz CT molecular complexity index is 689. The van der Waals surface area contributed by atoms with E-state index in [0.717, 1.165) is 18.2 Å². The fourth-order valence-electron chi connectivity index (χ4n) is 1.69. The largest absolute Gasteiger partial charge is 0.450 e. The number of nitrogens with zero attached hydrogens (tertiary/aromatic N) is 1.